The maximum Gasteiger partial charge on any atom is 0.408 e. The highest BCUT2D eigenvalue weighted by atomic mass is 32.1. The highest BCUT2D eigenvalue weighted by molar-refractivity contribution is 7.06. The van der Waals surface area contributed by atoms with Crippen LogP contribution in [0.25, 0.3) is 0 Å². The molecule has 1 amide bonds. The number of nitrogens with one attached hydrogen (secondary N) is 1. The van der Waals surface area contributed by atoms with Crippen LogP contribution in [0.1, 0.15) is 48.4 Å². The van der Waals surface area contributed by atoms with Gasteiger partial charge in [-0.15, -0.1) is 0 Å². The average molecular weight is 455 g/mol. The first-order valence-electron chi connectivity index (χ1n) is 10.1. The summed E-state index contributed by atoms with van der Waals surface area (Å²) < 4.78 is 15.6. The zero-order chi connectivity index (χ0) is 23.1. The second-order valence-electron chi connectivity index (χ2n) is 8.18. The molecule has 32 heavy (non-hydrogen) atoms. The molecular formula is C24H26N2O5S. The van der Waals surface area contributed by atoms with Crippen LogP contribution in [0.3, 0.4) is 0 Å². The minimum absolute atomic E-state index is 0.295. The first-order valence-corrected chi connectivity index (χ1v) is 10.9. The molecule has 0 radical (unpaired) electrons. The van der Waals surface area contributed by atoms with Gasteiger partial charge in [-0.1, -0.05) is 60.7 Å². The number of carboxylic acid groups (broad SMARTS) is 1. The third kappa shape index (κ3) is 6.55. The number of hydrogen-bond donors (Lipinski definition) is 2. The molecule has 0 saturated carbocycles. The second kappa shape index (κ2) is 10.3. The number of carbonyl (C=O) groups is 2. The predicted octanol–water partition coefficient (Wildman–Crippen LogP) is 4.96. The van der Waals surface area contributed by atoms with Gasteiger partial charge in [0.05, 0.1) is 4.88 Å². The Bertz CT molecular complexity index is 1050. The third-order valence-electron chi connectivity index (χ3n) is 4.39. The van der Waals surface area contributed by atoms with E-state index < -0.39 is 23.7 Å². The van der Waals surface area contributed by atoms with Crippen LogP contribution in [-0.4, -0.2) is 27.1 Å². The molecule has 2 N–H and O–H groups in total. The molecule has 0 spiro atoms. The molecule has 0 saturated heterocycles. The van der Waals surface area contributed by atoms with Crippen LogP contribution in [0.4, 0.5) is 4.79 Å². The van der Waals surface area contributed by atoms with Crippen molar-refractivity contribution in [1.29, 1.82) is 0 Å². The van der Waals surface area contributed by atoms with E-state index in [1.165, 1.54) is 0 Å². The Balaban J connectivity index is 1.90. The number of nitrogens with zero attached hydrogens (tertiary/aromatic N) is 1. The lowest BCUT2D eigenvalue weighted by Crippen LogP contribution is -2.38. The van der Waals surface area contributed by atoms with Gasteiger partial charge in [0.1, 0.15) is 12.2 Å². The number of carboxylic acids is 1. The summed E-state index contributed by atoms with van der Waals surface area (Å²) in [5.74, 6) is -0.849. The molecule has 1 unspecified atom stereocenters. The first kappa shape index (κ1) is 23.3. The Morgan fingerprint density at radius 1 is 1.03 bits per heavy atom. The molecule has 7 nitrogen and oxygen atoms in total. The molecule has 3 aromatic rings. The Morgan fingerprint density at radius 3 is 2.19 bits per heavy atom. The van der Waals surface area contributed by atoms with Crippen LogP contribution < -0.4 is 10.1 Å². The number of carbonyl (C=O) groups excluding carboxylic acids is 1. The van der Waals surface area contributed by atoms with Gasteiger partial charge in [0.25, 0.3) is 0 Å². The fourth-order valence-electron chi connectivity index (χ4n) is 3.00. The number of amides is 1. The van der Waals surface area contributed by atoms with Crippen LogP contribution in [-0.2, 0) is 22.6 Å². The van der Waals surface area contributed by atoms with Gasteiger partial charge in [0, 0.05) is 12.0 Å². The average Bonchev–Trinajstić information content (AvgIpc) is 3.12. The number of alkyl carbamates (subject to hydrolysis) is 1. The summed E-state index contributed by atoms with van der Waals surface area (Å²) >= 11 is 1.00. The van der Waals surface area contributed by atoms with Gasteiger partial charge >= 0.3 is 12.1 Å². The standard InChI is InChI=1S/C24H26N2O5S/c1-24(2,3)31-23(29)25-19(22(27)28)20-18(14-16-10-6-4-7-11-16)21(26-32-20)30-15-17-12-8-5-9-13-17/h4-13,19H,14-15H2,1-3H3,(H,25,29)(H,27,28). The van der Waals surface area contributed by atoms with E-state index in [0.29, 0.717) is 29.3 Å². The van der Waals surface area contributed by atoms with Crippen LogP contribution in [0.2, 0.25) is 0 Å². The number of aliphatic carboxylic acids is 1. The Labute approximate surface area is 191 Å². The van der Waals surface area contributed by atoms with E-state index >= 15 is 0 Å². The van der Waals surface area contributed by atoms with Crippen molar-refractivity contribution in [3.05, 3.63) is 82.2 Å². The SMILES string of the molecule is CC(C)(C)OC(=O)NC(C(=O)O)c1snc(OCc2ccccc2)c1Cc1ccccc1. The molecule has 1 aromatic heterocycles. The molecule has 0 fully saturated rings. The molecule has 0 aliphatic heterocycles. The Kier molecular flexibility index (Phi) is 7.48. The van der Waals surface area contributed by atoms with E-state index in [4.69, 9.17) is 9.47 Å². The number of ether oxygens (including phenoxy) is 2. The van der Waals surface area contributed by atoms with Gasteiger partial charge in [-0.25, -0.2) is 9.59 Å². The summed E-state index contributed by atoms with van der Waals surface area (Å²) in [6.07, 6.45) is -0.396. The van der Waals surface area contributed by atoms with Crippen molar-refractivity contribution in [2.24, 2.45) is 0 Å². The van der Waals surface area contributed by atoms with E-state index in [1.54, 1.807) is 20.8 Å². The van der Waals surface area contributed by atoms with Gasteiger partial charge < -0.3 is 19.9 Å². The Morgan fingerprint density at radius 2 is 1.62 bits per heavy atom. The number of benzene rings is 2. The minimum Gasteiger partial charge on any atom is -0.479 e. The molecule has 0 aliphatic carbocycles. The fraction of sp³-hybridized carbons (Fsp3) is 0.292. The molecule has 0 aliphatic rings. The van der Waals surface area contributed by atoms with Crippen LogP contribution in [0.5, 0.6) is 5.88 Å². The molecule has 168 valence electrons. The maximum absolute atomic E-state index is 12.3. The van der Waals surface area contributed by atoms with Gasteiger partial charge in [0.2, 0.25) is 5.88 Å². The predicted molar refractivity (Wildman–Crippen MR) is 122 cm³/mol. The van der Waals surface area contributed by atoms with Crippen LogP contribution in [0, 0.1) is 0 Å². The minimum atomic E-state index is -1.31. The zero-order valence-electron chi connectivity index (χ0n) is 18.2. The second-order valence-corrected chi connectivity index (χ2v) is 8.99. The first-order chi connectivity index (χ1) is 15.2. The van der Waals surface area contributed by atoms with Gasteiger partial charge in [-0.3, -0.25) is 0 Å². The van der Waals surface area contributed by atoms with E-state index in [-0.39, 0.29) is 0 Å². The number of aromatic nitrogens is 1. The molecule has 3 rings (SSSR count). The summed E-state index contributed by atoms with van der Waals surface area (Å²) in [4.78, 5) is 24.8. The number of rotatable bonds is 8. The highest BCUT2D eigenvalue weighted by Gasteiger charge is 2.31. The summed E-state index contributed by atoms with van der Waals surface area (Å²) in [5.41, 5.74) is 1.81. The molecule has 8 heteroatoms. The molecule has 2 aromatic carbocycles. The molecule has 1 heterocycles. The topological polar surface area (TPSA) is 97.8 Å². The van der Waals surface area contributed by atoms with Crippen molar-refractivity contribution in [2.75, 3.05) is 0 Å². The normalized spacial score (nSPS) is 12.1. The monoisotopic (exact) mass is 454 g/mol. The van der Waals surface area contributed by atoms with E-state index in [1.807, 2.05) is 60.7 Å². The summed E-state index contributed by atoms with van der Waals surface area (Å²) in [5, 5.41) is 12.3. The number of hydrogen-bond acceptors (Lipinski definition) is 6. The highest BCUT2D eigenvalue weighted by Crippen LogP contribution is 2.33. The van der Waals surface area contributed by atoms with Crippen molar-refractivity contribution >= 4 is 23.6 Å². The third-order valence-corrected chi connectivity index (χ3v) is 5.33. The lowest BCUT2D eigenvalue weighted by molar-refractivity contribution is -0.139. The van der Waals surface area contributed by atoms with Crippen LogP contribution in [0.15, 0.2) is 60.7 Å². The van der Waals surface area contributed by atoms with E-state index in [0.717, 1.165) is 22.7 Å². The largest absolute Gasteiger partial charge is 0.479 e. The van der Waals surface area contributed by atoms with E-state index in [2.05, 4.69) is 9.69 Å². The maximum atomic E-state index is 12.3. The van der Waals surface area contributed by atoms with Crippen molar-refractivity contribution < 1.29 is 24.2 Å². The molecule has 1 atom stereocenters. The van der Waals surface area contributed by atoms with Gasteiger partial charge in [-0.2, -0.15) is 4.37 Å². The van der Waals surface area contributed by atoms with Crippen molar-refractivity contribution in [1.82, 2.24) is 9.69 Å². The van der Waals surface area contributed by atoms with E-state index in [9.17, 15) is 14.7 Å². The van der Waals surface area contributed by atoms with Crippen molar-refractivity contribution in [3.63, 3.8) is 0 Å². The lowest BCUT2D eigenvalue weighted by atomic mass is 10.0. The van der Waals surface area contributed by atoms with Gasteiger partial charge in [0.15, 0.2) is 6.04 Å². The summed E-state index contributed by atoms with van der Waals surface area (Å²) in [6.45, 7) is 5.44. The van der Waals surface area contributed by atoms with Crippen molar-refractivity contribution in [2.45, 2.75) is 45.4 Å². The molecular weight excluding hydrogens is 428 g/mol. The molecule has 0 bridgehead atoms. The van der Waals surface area contributed by atoms with Gasteiger partial charge in [-0.05, 0) is 43.4 Å². The van der Waals surface area contributed by atoms with Crippen molar-refractivity contribution in [3.8, 4) is 5.88 Å². The summed E-state index contributed by atoms with van der Waals surface area (Å²) in [6, 6.07) is 17.9. The van der Waals surface area contributed by atoms with Crippen LogP contribution >= 0.6 is 11.5 Å². The quantitative estimate of drug-likeness (QED) is 0.499. The zero-order valence-corrected chi connectivity index (χ0v) is 19.0. The summed E-state index contributed by atoms with van der Waals surface area (Å²) in [7, 11) is 0. The lowest BCUT2D eigenvalue weighted by Gasteiger charge is -2.22. The fourth-order valence-corrected chi connectivity index (χ4v) is 3.88. The Hall–Kier alpha value is -3.39. The smallest absolute Gasteiger partial charge is 0.408 e.